The van der Waals surface area contributed by atoms with E-state index in [4.69, 9.17) is 14.0 Å². The average molecular weight is 394 g/mol. The van der Waals surface area contributed by atoms with Gasteiger partial charge in [0.05, 0.1) is 37.7 Å². The molecule has 0 saturated carbocycles. The van der Waals surface area contributed by atoms with Crippen molar-refractivity contribution in [3.8, 4) is 22.9 Å². The number of nitrogens with one attached hydrogen (secondary N) is 1. The van der Waals surface area contributed by atoms with Crippen LogP contribution in [-0.2, 0) is 11.3 Å². The summed E-state index contributed by atoms with van der Waals surface area (Å²) in [6.07, 6.45) is 1.47. The van der Waals surface area contributed by atoms with E-state index in [9.17, 15) is 4.79 Å². The van der Waals surface area contributed by atoms with E-state index in [1.807, 2.05) is 41.3 Å². The first-order valence-electron chi connectivity index (χ1n) is 9.38. The molecule has 1 amide bonds. The van der Waals surface area contributed by atoms with Crippen LogP contribution >= 0.6 is 0 Å². The van der Waals surface area contributed by atoms with Gasteiger partial charge in [0, 0.05) is 19.0 Å². The Hall–Kier alpha value is -3.55. The minimum atomic E-state index is 0.144. The van der Waals surface area contributed by atoms with Gasteiger partial charge in [-0.25, -0.2) is 0 Å². The van der Waals surface area contributed by atoms with Crippen molar-refractivity contribution in [2.75, 3.05) is 31.0 Å². The fourth-order valence-corrected chi connectivity index (χ4v) is 3.35. The Balaban J connectivity index is 1.51. The van der Waals surface area contributed by atoms with Crippen LogP contribution in [0.3, 0.4) is 0 Å². The van der Waals surface area contributed by atoms with Crippen molar-refractivity contribution in [3.63, 3.8) is 0 Å². The van der Waals surface area contributed by atoms with Gasteiger partial charge in [0.2, 0.25) is 17.6 Å². The van der Waals surface area contributed by atoms with Crippen LogP contribution in [0.2, 0.25) is 0 Å². The zero-order valence-electron chi connectivity index (χ0n) is 16.3. The Morgan fingerprint density at radius 3 is 2.79 bits per heavy atom. The number of rotatable bonds is 7. The van der Waals surface area contributed by atoms with Crippen molar-refractivity contribution in [1.29, 1.82) is 0 Å². The Morgan fingerprint density at radius 1 is 1.17 bits per heavy atom. The number of carbonyl (C=O) groups excluding carboxylic acids is 1. The zero-order valence-corrected chi connectivity index (χ0v) is 16.3. The summed E-state index contributed by atoms with van der Waals surface area (Å²) in [6.45, 7) is 1.07. The van der Waals surface area contributed by atoms with E-state index in [1.165, 1.54) is 0 Å². The van der Waals surface area contributed by atoms with E-state index in [-0.39, 0.29) is 5.91 Å². The summed E-state index contributed by atoms with van der Waals surface area (Å²) in [6, 6.07) is 13.1. The Labute approximate surface area is 168 Å². The molecule has 0 atom stereocenters. The van der Waals surface area contributed by atoms with Gasteiger partial charge in [-0.15, -0.1) is 0 Å². The molecule has 1 N–H and O–H groups in total. The highest BCUT2D eigenvalue weighted by Crippen LogP contribution is 2.32. The van der Waals surface area contributed by atoms with E-state index in [0.717, 1.165) is 24.3 Å². The van der Waals surface area contributed by atoms with E-state index in [0.29, 0.717) is 41.7 Å². The quantitative estimate of drug-likeness (QED) is 0.656. The molecule has 2 aromatic carbocycles. The molecule has 8 nitrogen and oxygen atoms in total. The van der Waals surface area contributed by atoms with Crippen LogP contribution < -0.4 is 19.7 Å². The monoisotopic (exact) mass is 394 g/mol. The molecule has 2 heterocycles. The Bertz CT molecular complexity index is 1020. The molecule has 0 bridgehead atoms. The van der Waals surface area contributed by atoms with Crippen LogP contribution in [0.5, 0.6) is 11.5 Å². The predicted molar refractivity (Wildman–Crippen MR) is 108 cm³/mol. The molecule has 1 aromatic heterocycles. The molecule has 1 fully saturated rings. The van der Waals surface area contributed by atoms with Gasteiger partial charge in [-0.05, 0) is 30.7 Å². The molecule has 8 heteroatoms. The highest BCUT2D eigenvalue weighted by atomic mass is 16.5. The topological polar surface area (TPSA) is 89.7 Å². The number of anilines is 2. The summed E-state index contributed by atoms with van der Waals surface area (Å²) in [5.41, 5.74) is 2.43. The summed E-state index contributed by atoms with van der Waals surface area (Å²) in [5.74, 6) is 2.29. The summed E-state index contributed by atoms with van der Waals surface area (Å²) in [7, 11) is 3.18. The lowest BCUT2D eigenvalue weighted by Gasteiger charge is -2.19. The van der Waals surface area contributed by atoms with Crippen molar-refractivity contribution in [1.82, 2.24) is 10.1 Å². The number of benzene rings is 2. The highest BCUT2D eigenvalue weighted by molar-refractivity contribution is 5.98. The van der Waals surface area contributed by atoms with Crippen LogP contribution in [0.4, 0.5) is 11.4 Å². The fraction of sp³-hybridized carbons (Fsp3) is 0.286. The summed E-state index contributed by atoms with van der Waals surface area (Å²) >= 11 is 0. The van der Waals surface area contributed by atoms with E-state index < -0.39 is 0 Å². The van der Waals surface area contributed by atoms with E-state index >= 15 is 0 Å². The maximum absolute atomic E-state index is 12.1. The van der Waals surface area contributed by atoms with Gasteiger partial charge in [-0.2, -0.15) is 4.98 Å². The molecule has 1 aliphatic rings. The largest absolute Gasteiger partial charge is 0.497 e. The lowest BCUT2D eigenvalue weighted by molar-refractivity contribution is -0.117. The van der Waals surface area contributed by atoms with Crippen molar-refractivity contribution in [3.05, 3.63) is 48.4 Å². The van der Waals surface area contributed by atoms with Crippen molar-refractivity contribution in [2.45, 2.75) is 19.4 Å². The predicted octanol–water partition coefficient (Wildman–Crippen LogP) is 3.49. The second-order valence-corrected chi connectivity index (χ2v) is 6.60. The molecule has 0 radical (unpaired) electrons. The van der Waals surface area contributed by atoms with Crippen molar-refractivity contribution >= 4 is 17.3 Å². The van der Waals surface area contributed by atoms with Crippen LogP contribution in [0.15, 0.2) is 47.0 Å². The van der Waals surface area contributed by atoms with Crippen LogP contribution in [0.25, 0.3) is 11.4 Å². The fourth-order valence-electron chi connectivity index (χ4n) is 3.35. The molecule has 4 rings (SSSR count). The number of aromatic nitrogens is 2. The van der Waals surface area contributed by atoms with Gasteiger partial charge in [-0.1, -0.05) is 17.3 Å². The standard InChI is InChI=1S/C21H22N4O4/c1-27-14-9-10-15(18(12-14)28-2)21-23-19(29-24-21)13-22-16-6-3-4-7-17(16)25-11-5-8-20(25)26/h3-4,6-7,9-10,12,22H,5,8,11,13H2,1-2H3. The maximum Gasteiger partial charge on any atom is 0.246 e. The third-order valence-corrected chi connectivity index (χ3v) is 4.82. The number of para-hydroxylation sites is 2. The molecule has 1 saturated heterocycles. The normalized spacial score (nSPS) is 13.6. The minimum Gasteiger partial charge on any atom is -0.497 e. The van der Waals surface area contributed by atoms with Crippen molar-refractivity contribution < 1.29 is 18.8 Å². The number of amides is 1. The lowest BCUT2D eigenvalue weighted by Crippen LogP contribution is -2.24. The van der Waals surface area contributed by atoms with Crippen molar-refractivity contribution in [2.24, 2.45) is 0 Å². The molecule has 0 unspecified atom stereocenters. The third-order valence-electron chi connectivity index (χ3n) is 4.82. The average Bonchev–Trinajstić information content (AvgIpc) is 3.41. The Morgan fingerprint density at radius 2 is 2.03 bits per heavy atom. The Kier molecular flexibility index (Phi) is 5.33. The van der Waals surface area contributed by atoms with E-state index in [1.54, 1.807) is 20.3 Å². The molecule has 0 spiro atoms. The molecule has 150 valence electrons. The smallest absolute Gasteiger partial charge is 0.246 e. The van der Waals surface area contributed by atoms with Gasteiger partial charge < -0.3 is 24.2 Å². The third kappa shape index (κ3) is 3.87. The molecular formula is C21H22N4O4. The molecule has 0 aliphatic carbocycles. The second kappa shape index (κ2) is 8.22. The summed E-state index contributed by atoms with van der Waals surface area (Å²) in [5, 5.41) is 7.36. The number of hydrogen-bond donors (Lipinski definition) is 1. The van der Waals surface area contributed by atoms with E-state index in [2.05, 4.69) is 15.5 Å². The number of nitrogens with zero attached hydrogens (tertiary/aromatic N) is 3. The number of carbonyl (C=O) groups is 1. The summed E-state index contributed by atoms with van der Waals surface area (Å²) in [4.78, 5) is 18.4. The first-order chi connectivity index (χ1) is 14.2. The minimum absolute atomic E-state index is 0.144. The van der Waals surface area contributed by atoms with Gasteiger partial charge in [0.15, 0.2) is 0 Å². The van der Waals surface area contributed by atoms with Gasteiger partial charge in [-0.3, -0.25) is 4.79 Å². The van der Waals surface area contributed by atoms with Crippen LogP contribution in [0, 0.1) is 0 Å². The highest BCUT2D eigenvalue weighted by Gasteiger charge is 2.23. The first-order valence-corrected chi connectivity index (χ1v) is 9.38. The molecule has 3 aromatic rings. The number of ether oxygens (including phenoxy) is 2. The molecule has 29 heavy (non-hydrogen) atoms. The van der Waals surface area contributed by atoms with Crippen LogP contribution in [0.1, 0.15) is 18.7 Å². The van der Waals surface area contributed by atoms with Crippen LogP contribution in [-0.4, -0.2) is 36.8 Å². The number of hydrogen-bond acceptors (Lipinski definition) is 7. The summed E-state index contributed by atoms with van der Waals surface area (Å²) < 4.78 is 16.0. The molecular weight excluding hydrogens is 372 g/mol. The van der Waals surface area contributed by atoms with Gasteiger partial charge >= 0.3 is 0 Å². The SMILES string of the molecule is COc1ccc(-c2noc(CNc3ccccc3N3CCCC3=O)n2)c(OC)c1. The first kappa shape index (κ1) is 18.8. The number of methoxy groups -OCH3 is 2. The van der Waals surface area contributed by atoms with Gasteiger partial charge in [0.1, 0.15) is 11.5 Å². The second-order valence-electron chi connectivity index (χ2n) is 6.60. The zero-order chi connectivity index (χ0) is 20.2. The molecule has 1 aliphatic heterocycles. The van der Waals surface area contributed by atoms with Gasteiger partial charge in [0.25, 0.3) is 0 Å². The maximum atomic E-state index is 12.1. The lowest BCUT2D eigenvalue weighted by atomic mass is 10.2.